The molecule has 0 unspecified atom stereocenters. The van der Waals surface area contributed by atoms with Crippen LogP contribution in [-0.4, -0.2) is 17.6 Å². The van der Waals surface area contributed by atoms with Crippen LogP contribution in [0.15, 0.2) is 42.5 Å². The Morgan fingerprint density at radius 1 is 1.29 bits per heavy atom. The smallest absolute Gasteiger partial charge is 0.256 e. The first-order chi connectivity index (χ1) is 10.1. The fraction of sp³-hybridized carbons (Fsp3) is 0.118. The highest BCUT2D eigenvalue weighted by Gasteiger charge is 2.11. The van der Waals surface area contributed by atoms with E-state index in [2.05, 4.69) is 17.2 Å². The van der Waals surface area contributed by atoms with Crippen LogP contribution in [0.25, 0.3) is 0 Å². The van der Waals surface area contributed by atoms with E-state index in [0.717, 1.165) is 5.56 Å². The number of nitrogens with one attached hydrogen (secondary N) is 1. The molecule has 2 aromatic rings. The summed E-state index contributed by atoms with van der Waals surface area (Å²) in [7, 11) is 0. The zero-order valence-electron chi connectivity index (χ0n) is 11.5. The molecule has 1 amide bonds. The van der Waals surface area contributed by atoms with E-state index in [1.807, 2.05) is 13.0 Å². The molecule has 4 heteroatoms. The third-order valence-corrected chi connectivity index (χ3v) is 3.04. The number of rotatable bonds is 2. The maximum Gasteiger partial charge on any atom is 0.256 e. The number of amides is 1. The summed E-state index contributed by atoms with van der Waals surface area (Å²) in [5, 5.41) is 12.1. The van der Waals surface area contributed by atoms with E-state index < -0.39 is 0 Å². The average molecular weight is 300 g/mol. The Hall–Kier alpha value is -2.28. The Morgan fingerprint density at radius 2 is 2.10 bits per heavy atom. The van der Waals surface area contributed by atoms with Crippen molar-refractivity contribution >= 4 is 23.2 Å². The molecule has 2 aromatic carbocycles. The second-order valence-electron chi connectivity index (χ2n) is 4.47. The molecule has 21 heavy (non-hydrogen) atoms. The molecule has 2 rings (SSSR count). The molecule has 0 atom stereocenters. The van der Waals surface area contributed by atoms with E-state index >= 15 is 0 Å². The molecule has 0 aliphatic carbocycles. The van der Waals surface area contributed by atoms with Crippen molar-refractivity contribution in [2.45, 2.75) is 6.92 Å². The fourth-order valence-electron chi connectivity index (χ4n) is 1.85. The summed E-state index contributed by atoms with van der Waals surface area (Å²) >= 11 is 5.90. The summed E-state index contributed by atoms with van der Waals surface area (Å²) < 4.78 is 0. The summed E-state index contributed by atoms with van der Waals surface area (Å²) in [4.78, 5) is 12.4. The van der Waals surface area contributed by atoms with Crippen LogP contribution in [-0.2, 0) is 0 Å². The van der Waals surface area contributed by atoms with Crippen LogP contribution in [0.2, 0.25) is 5.02 Å². The number of aryl methyl sites for hydroxylation is 1. The van der Waals surface area contributed by atoms with E-state index in [1.54, 1.807) is 36.4 Å². The number of benzene rings is 2. The molecule has 0 radical (unpaired) electrons. The maximum atomic E-state index is 12.4. The van der Waals surface area contributed by atoms with Crippen molar-refractivity contribution in [1.82, 2.24) is 0 Å². The standard InChI is InChI=1S/C17H14ClNO2/c1-12-7-8-13(4-3-9-20)16(10-12)17(21)19-15-6-2-5-14(18)11-15/h2,5-8,10-11,20H,9H2,1H3,(H,19,21). The van der Waals surface area contributed by atoms with Crippen LogP contribution < -0.4 is 5.32 Å². The Balaban J connectivity index is 2.32. The molecule has 0 aliphatic rings. The molecular formula is C17H14ClNO2. The normalized spacial score (nSPS) is 9.67. The Labute approximate surface area is 128 Å². The first-order valence-corrected chi connectivity index (χ1v) is 6.75. The minimum absolute atomic E-state index is 0.247. The summed E-state index contributed by atoms with van der Waals surface area (Å²) in [6, 6.07) is 12.3. The predicted molar refractivity (Wildman–Crippen MR) is 84.5 cm³/mol. The molecule has 0 aliphatic heterocycles. The van der Waals surface area contributed by atoms with Crippen molar-refractivity contribution in [3.63, 3.8) is 0 Å². The van der Waals surface area contributed by atoms with E-state index in [0.29, 0.717) is 21.8 Å². The van der Waals surface area contributed by atoms with Crippen molar-refractivity contribution in [2.24, 2.45) is 0 Å². The van der Waals surface area contributed by atoms with Gasteiger partial charge in [-0.2, -0.15) is 0 Å². The Bertz CT molecular complexity index is 729. The van der Waals surface area contributed by atoms with Crippen molar-refractivity contribution < 1.29 is 9.90 Å². The fourth-order valence-corrected chi connectivity index (χ4v) is 2.04. The van der Waals surface area contributed by atoms with Gasteiger partial charge in [0.25, 0.3) is 5.91 Å². The Morgan fingerprint density at radius 3 is 2.81 bits per heavy atom. The lowest BCUT2D eigenvalue weighted by Crippen LogP contribution is -2.13. The minimum atomic E-state index is -0.261. The predicted octanol–water partition coefficient (Wildman–Crippen LogP) is 3.24. The van der Waals surface area contributed by atoms with Gasteiger partial charge in [0.15, 0.2) is 0 Å². The first-order valence-electron chi connectivity index (χ1n) is 6.37. The molecule has 0 saturated heterocycles. The van der Waals surface area contributed by atoms with Gasteiger partial charge in [0.05, 0.1) is 5.56 Å². The van der Waals surface area contributed by atoms with Crippen LogP contribution in [0.3, 0.4) is 0 Å². The van der Waals surface area contributed by atoms with Crippen LogP contribution in [0, 0.1) is 18.8 Å². The van der Waals surface area contributed by atoms with Crippen LogP contribution in [0.5, 0.6) is 0 Å². The molecule has 106 valence electrons. The first kappa shape index (κ1) is 15.1. The lowest BCUT2D eigenvalue weighted by atomic mass is 10.0. The van der Waals surface area contributed by atoms with Crippen molar-refractivity contribution in [3.8, 4) is 11.8 Å². The number of aliphatic hydroxyl groups is 1. The van der Waals surface area contributed by atoms with Crippen molar-refractivity contribution in [1.29, 1.82) is 0 Å². The lowest BCUT2D eigenvalue weighted by molar-refractivity contribution is 0.102. The molecule has 0 bridgehead atoms. The quantitative estimate of drug-likeness (QED) is 0.836. The second kappa shape index (κ2) is 6.94. The molecule has 0 aromatic heterocycles. The number of halogens is 1. The molecule has 0 saturated carbocycles. The Kier molecular flexibility index (Phi) is 4.99. The van der Waals surface area contributed by atoms with Gasteiger partial charge < -0.3 is 10.4 Å². The highest BCUT2D eigenvalue weighted by Crippen LogP contribution is 2.17. The number of hydrogen-bond donors (Lipinski definition) is 2. The molecule has 2 N–H and O–H groups in total. The van der Waals surface area contributed by atoms with E-state index in [1.165, 1.54) is 0 Å². The minimum Gasteiger partial charge on any atom is -0.384 e. The highest BCUT2D eigenvalue weighted by molar-refractivity contribution is 6.31. The van der Waals surface area contributed by atoms with Gasteiger partial charge in [-0.3, -0.25) is 4.79 Å². The van der Waals surface area contributed by atoms with Gasteiger partial charge in [-0.1, -0.05) is 41.1 Å². The third kappa shape index (κ3) is 4.09. The van der Waals surface area contributed by atoms with Gasteiger partial charge in [-0.05, 0) is 37.3 Å². The van der Waals surface area contributed by atoms with Gasteiger partial charge in [-0.25, -0.2) is 0 Å². The van der Waals surface area contributed by atoms with Gasteiger partial charge in [0.2, 0.25) is 0 Å². The van der Waals surface area contributed by atoms with Crippen molar-refractivity contribution in [2.75, 3.05) is 11.9 Å². The number of anilines is 1. The van der Waals surface area contributed by atoms with Crippen LogP contribution in [0.4, 0.5) is 5.69 Å². The molecule has 0 heterocycles. The van der Waals surface area contributed by atoms with Crippen LogP contribution >= 0.6 is 11.6 Å². The number of carbonyl (C=O) groups excluding carboxylic acids is 1. The summed E-state index contributed by atoms with van der Waals surface area (Å²) in [6.45, 7) is 1.66. The molecule has 0 fully saturated rings. The number of carbonyl (C=O) groups is 1. The van der Waals surface area contributed by atoms with E-state index in [-0.39, 0.29) is 12.5 Å². The number of hydrogen-bond acceptors (Lipinski definition) is 2. The molecule has 3 nitrogen and oxygen atoms in total. The van der Waals surface area contributed by atoms with E-state index in [4.69, 9.17) is 16.7 Å². The topological polar surface area (TPSA) is 49.3 Å². The largest absolute Gasteiger partial charge is 0.384 e. The molecule has 0 spiro atoms. The molecular weight excluding hydrogens is 286 g/mol. The zero-order chi connectivity index (χ0) is 15.2. The van der Waals surface area contributed by atoms with Gasteiger partial charge in [-0.15, -0.1) is 0 Å². The maximum absolute atomic E-state index is 12.4. The second-order valence-corrected chi connectivity index (χ2v) is 4.91. The summed E-state index contributed by atoms with van der Waals surface area (Å²) in [5.74, 6) is 5.08. The highest BCUT2D eigenvalue weighted by atomic mass is 35.5. The van der Waals surface area contributed by atoms with Crippen molar-refractivity contribution in [3.05, 3.63) is 64.2 Å². The lowest BCUT2D eigenvalue weighted by Gasteiger charge is -2.08. The monoisotopic (exact) mass is 299 g/mol. The van der Waals surface area contributed by atoms with Gasteiger partial charge in [0.1, 0.15) is 6.61 Å². The van der Waals surface area contributed by atoms with E-state index in [9.17, 15) is 4.79 Å². The SMILES string of the molecule is Cc1ccc(C#CCO)c(C(=O)Nc2cccc(Cl)c2)c1. The number of aliphatic hydroxyl groups excluding tert-OH is 1. The summed E-state index contributed by atoms with van der Waals surface area (Å²) in [6.07, 6.45) is 0. The van der Waals surface area contributed by atoms with Gasteiger partial charge in [0, 0.05) is 16.3 Å². The van der Waals surface area contributed by atoms with Gasteiger partial charge >= 0.3 is 0 Å². The zero-order valence-corrected chi connectivity index (χ0v) is 12.2. The summed E-state index contributed by atoms with van der Waals surface area (Å²) in [5.41, 5.74) is 2.63. The third-order valence-electron chi connectivity index (χ3n) is 2.80. The average Bonchev–Trinajstić information content (AvgIpc) is 2.46. The van der Waals surface area contributed by atoms with Crippen LogP contribution in [0.1, 0.15) is 21.5 Å².